The maximum atomic E-state index is 13.6. The van der Waals surface area contributed by atoms with E-state index in [1.165, 1.54) is 6.07 Å². The van der Waals surface area contributed by atoms with Gasteiger partial charge in [-0.15, -0.1) is 0 Å². The fourth-order valence-corrected chi connectivity index (χ4v) is 2.53. The van der Waals surface area contributed by atoms with Crippen LogP contribution in [0.1, 0.15) is 23.2 Å². The minimum atomic E-state index is -0.980. The number of hydrogen-bond acceptors (Lipinski definition) is 4. The molecular weight excluding hydrogens is 277 g/mol. The number of hydrogen-bond donors (Lipinski definition) is 0. The molecule has 1 fully saturated rings. The third kappa shape index (κ3) is 3.36. The predicted octanol–water partition coefficient (Wildman–Crippen LogP) is 1.90. The molecule has 114 valence electrons. The lowest BCUT2D eigenvalue weighted by Gasteiger charge is -2.36. The number of nitro benzene ring substituents is 1. The Labute approximate surface area is 122 Å². The van der Waals surface area contributed by atoms with Gasteiger partial charge in [0.1, 0.15) is 0 Å². The maximum absolute atomic E-state index is 13.6. The quantitative estimate of drug-likeness (QED) is 0.631. The summed E-state index contributed by atoms with van der Waals surface area (Å²) < 4.78 is 13.6. The molecule has 0 N–H and O–H groups in total. The molecule has 1 heterocycles. The highest BCUT2D eigenvalue weighted by molar-refractivity contribution is 5.94. The molecule has 1 aliphatic rings. The Hall–Kier alpha value is -2.02. The first-order valence-electron chi connectivity index (χ1n) is 6.80. The van der Waals surface area contributed by atoms with E-state index in [2.05, 4.69) is 4.90 Å². The molecule has 0 saturated carbocycles. The van der Waals surface area contributed by atoms with Crippen LogP contribution in [0.4, 0.5) is 10.1 Å². The van der Waals surface area contributed by atoms with E-state index in [0.29, 0.717) is 13.1 Å². The van der Waals surface area contributed by atoms with E-state index >= 15 is 0 Å². The fraction of sp³-hybridized carbons (Fsp3) is 0.500. The molecule has 1 amide bonds. The molecule has 21 heavy (non-hydrogen) atoms. The van der Waals surface area contributed by atoms with Crippen molar-refractivity contribution in [2.45, 2.75) is 18.9 Å². The van der Waals surface area contributed by atoms with Gasteiger partial charge < -0.3 is 9.80 Å². The van der Waals surface area contributed by atoms with E-state index in [1.54, 1.807) is 4.90 Å². The largest absolute Gasteiger partial charge is 0.337 e. The molecule has 1 saturated heterocycles. The van der Waals surface area contributed by atoms with E-state index in [0.717, 1.165) is 25.0 Å². The van der Waals surface area contributed by atoms with Gasteiger partial charge in [0.15, 0.2) is 0 Å². The molecule has 0 aliphatic carbocycles. The van der Waals surface area contributed by atoms with Crippen LogP contribution in [0.3, 0.4) is 0 Å². The molecule has 2 rings (SSSR count). The van der Waals surface area contributed by atoms with Gasteiger partial charge in [0.05, 0.1) is 4.92 Å². The highest BCUT2D eigenvalue weighted by Gasteiger charge is 2.26. The van der Waals surface area contributed by atoms with Gasteiger partial charge in [-0.3, -0.25) is 14.9 Å². The molecular formula is C14H18FN3O3. The summed E-state index contributed by atoms with van der Waals surface area (Å²) in [4.78, 5) is 25.9. The lowest BCUT2D eigenvalue weighted by atomic mass is 10.0. The SMILES string of the molecule is CN(C)C1CCCN(C(=O)c2ccc([N+](=O)[O-])c(F)c2)C1. The number of nitro groups is 1. The van der Waals surface area contributed by atoms with Gasteiger partial charge in [0, 0.05) is 30.8 Å². The van der Waals surface area contributed by atoms with E-state index in [-0.39, 0.29) is 17.5 Å². The van der Waals surface area contributed by atoms with Crippen molar-refractivity contribution in [2.24, 2.45) is 0 Å². The van der Waals surface area contributed by atoms with Crippen LogP contribution in [-0.2, 0) is 0 Å². The molecule has 0 aromatic heterocycles. The van der Waals surface area contributed by atoms with Crippen LogP contribution in [0.15, 0.2) is 18.2 Å². The number of carbonyl (C=O) groups is 1. The van der Waals surface area contributed by atoms with Crippen LogP contribution < -0.4 is 0 Å². The Kier molecular flexibility index (Phi) is 4.52. The van der Waals surface area contributed by atoms with Crippen molar-refractivity contribution in [1.29, 1.82) is 0 Å². The topological polar surface area (TPSA) is 66.7 Å². The Morgan fingerprint density at radius 2 is 2.19 bits per heavy atom. The van der Waals surface area contributed by atoms with E-state index in [1.807, 2.05) is 14.1 Å². The van der Waals surface area contributed by atoms with Crippen LogP contribution in [0, 0.1) is 15.9 Å². The van der Waals surface area contributed by atoms with Gasteiger partial charge in [-0.2, -0.15) is 4.39 Å². The molecule has 0 bridgehead atoms. The second-order valence-corrected chi connectivity index (χ2v) is 5.43. The average molecular weight is 295 g/mol. The Balaban J connectivity index is 2.16. The zero-order valence-electron chi connectivity index (χ0n) is 12.1. The monoisotopic (exact) mass is 295 g/mol. The first kappa shape index (κ1) is 15.4. The number of piperidine rings is 1. The number of halogens is 1. The standard InChI is InChI=1S/C14H18FN3O3/c1-16(2)11-4-3-7-17(9-11)14(19)10-5-6-13(18(20)21)12(15)8-10/h5-6,8,11H,3-4,7,9H2,1-2H3. The highest BCUT2D eigenvalue weighted by atomic mass is 19.1. The fourth-order valence-electron chi connectivity index (χ4n) is 2.53. The molecule has 0 spiro atoms. The lowest BCUT2D eigenvalue weighted by molar-refractivity contribution is -0.387. The van der Waals surface area contributed by atoms with Gasteiger partial charge in [-0.1, -0.05) is 0 Å². The number of benzene rings is 1. The predicted molar refractivity (Wildman–Crippen MR) is 75.7 cm³/mol. The first-order chi connectivity index (χ1) is 9.90. The van der Waals surface area contributed by atoms with E-state index in [9.17, 15) is 19.3 Å². The number of carbonyl (C=O) groups excluding carboxylic acids is 1. The minimum Gasteiger partial charge on any atom is -0.337 e. The van der Waals surface area contributed by atoms with Crippen molar-refractivity contribution in [2.75, 3.05) is 27.2 Å². The van der Waals surface area contributed by atoms with Crippen LogP contribution in [0.2, 0.25) is 0 Å². The zero-order chi connectivity index (χ0) is 15.6. The smallest absolute Gasteiger partial charge is 0.304 e. The minimum absolute atomic E-state index is 0.150. The van der Waals surface area contributed by atoms with Crippen molar-refractivity contribution >= 4 is 11.6 Å². The second-order valence-electron chi connectivity index (χ2n) is 5.43. The lowest BCUT2D eigenvalue weighted by Crippen LogP contribution is -2.47. The average Bonchev–Trinajstić information content (AvgIpc) is 2.46. The Morgan fingerprint density at radius 1 is 1.48 bits per heavy atom. The normalized spacial score (nSPS) is 18.9. The van der Waals surface area contributed by atoms with Crippen molar-refractivity contribution in [3.63, 3.8) is 0 Å². The Morgan fingerprint density at radius 3 is 2.76 bits per heavy atom. The van der Waals surface area contributed by atoms with Gasteiger partial charge in [-0.25, -0.2) is 0 Å². The zero-order valence-corrected chi connectivity index (χ0v) is 12.1. The van der Waals surface area contributed by atoms with Gasteiger partial charge in [0.25, 0.3) is 5.91 Å². The van der Waals surface area contributed by atoms with Crippen molar-refractivity contribution in [3.8, 4) is 0 Å². The van der Waals surface area contributed by atoms with E-state index in [4.69, 9.17) is 0 Å². The van der Waals surface area contributed by atoms with Gasteiger partial charge in [0.2, 0.25) is 5.82 Å². The molecule has 0 radical (unpaired) electrons. The maximum Gasteiger partial charge on any atom is 0.304 e. The third-order valence-corrected chi connectivity index (χ3v) is 3.81. The molecule has 1 aromatic carbocycles. The third-order valence-electron chi connectivity index (χ3n) is 3.81. The van der Waals surface area contributed by atoms with Crippen molar-refractivity contribution in [3.05, 3.63) is 39.7 Å². The first-order valence-corrected chi connectivity index (χ1v) is 6.80. The van der Waals surface area contributed by atoms with Crippen LogP contribution in [0.5, 0.6) is 0 Å². The second kappa shape index (κ2) is 6.17. The summed E-state index contributed by atoms with van der Waals surface area (Å²) in [6.07, 6.45) is 1.91. The summed E-state index contributed by atoms with van der Waals surface area (Å²) in [5, 5.41) is 10.6. The van der Waals surface area contributed by atoms with Crippen LogP contribution in [0.25, 0.3) is 0 Å². The number of nitrogens with zero attached hydrogens (tertiary/aromatic N) is 3. The highest BCUT2D eigenvalue weighted by Crippen LogP contribution is 2.21. The molecule has 7 heteroatoms. The van der Waals surface area contributed by atoms with E-state index < -0.39 is 16.4 Å². The summed E-state index contributed by atoms with van der Waals surface area (Å²) in [7, 11) is 3.92. The molecule has 6 nitrogen and oxygen atoms in total. The number of amides is 1. The summed E-state index contributed by atoms with van der Waals surface area (Å²) >= 11 is 0. The van der Waals surface area contributed by atoms with Crippen LogP contribution in [-0.4, -0.2) is 53.9 Å². The molecule has 1 unspecified atom stereocenters. The summed E-state index contributed by atoms with van der Waals surface area (Å²) in [6.45, 7) is 1.21. The van der Waals surface area contributed by atoms with Gasteiger partial charge in [-0.05, 0) is 39.1 Å². The Bertz CT molecular complexity index is 562. The summed E-state index contributed by atoms with van der Waals surface area (Å²) in [5.41, 5.74) is -0.464. The van der Waals surface area contributed by atoms with Crippen molar-refractivity contribution < 1.29 is 14.1 Å². The number of likely N-dealkylation sites (N-methyl/N-ethyl adjacent to an activating group) is 1. The van der Waals surface area contributed by atoms with Crippen LogP contribution >= 0.6 is 0 Å². The summed E-state index contributed by atoms with van der Waals surface area (Å²) in [5.74, 6) is -1.26. The molecule has 1 atom stereocenters. The van der Waals surface area contributed by atoms with Gasteiger partial charge >= 0.3 is 5.69 Å². The molecule has 1 aromatic rings. The number of rotatable bonds is 3. The van der Waals surface area contributed by atoms with Crippen molar-refractivity contribution in [1.82, 2.24) is 9.80 Å². The summed E-state index contributed by atoms with van der Waals surface area (Å²) in [6, 6.07) is 3.57. The molecule has 1 aliphatic heterocycles. The number of likely N-dealkylation sites (tertiary alicyclic amines) is 1.